The van der Waals surface area contributed by atoms with Gasteiger partial charge in [0.1, 0.15) is 11.6 Å². The predicted molar refractivity (Wildman–Crippen MR) is 152 cm³/mol. The number of allylic oxidation sites excluding steroid dienone is 3. The van der Waals surface area contributed by atoms with Crippen molar-refractivity contribution < 1.29 is 14.1 Å². The molecule has 1 atom stereocenters. The Bertz CT molecular complexity index is 1580. The Morgan fingerprint density at radius 3 is 2.82 bits per heavy atom. The third-order valence-electron chi connectivity index (χ3n) is 6.41. The number of amides is 1. The summed E-state index contributed by atoms with van der Waals surface area (Å²) in [6, 6.07) is 11.4. The van der Waals surface area contributed by atoms with Gasteiger partial charge in [-0.15, -0.1) is 10.2 Å². The lowest BCUT2D eigenvalue weighted by Crippen LogP contribution is -2.42. The van der Waals surface area contributed by atoms with E-state index >= 15 is 0 Å². The van der Waals surface area contributed by atoms with Crippen molar-refractivity contribution in [2.24, 2.45) is 11.1 Å². The quantitative estimate of drug-likeness (QED) is 0.347. The molecular formula is C26H24BrN7O3S2. The van der Waals surface area contributed by atoms with E-state index in [1.807, 2.05) is 38.1 Å². The summed E-state index contributed by atoms with van der Waals surface area (Å²) in [5.41, 5.74) is 8.73. The Labute approximate surface area is 241 Å². The molecule has 2 aliphatic rings. The fourth-order valence-corrected chi connectivity index (χ4v) is 7.02. The fourth-order valence-electron chi connectivity index (χ4n) is 4.83. The van der Waals surface area contributed by atoms with E-state index in [9.17, 15) is 14.9 Å². The smallest absolute Gasteiger partial charge is 0.236 e. The van der Waals surface area contributed by atoms with Crippen LogP contribution in [-0.4, -0.2) is 32.8 Å². The molecule has 0 fully saturated rings. The monoisotopic (exact) mass is 625 g/mol. The topological polar surface area (TPSA) is 151 Å². The van der Waals surface area contributed by atoms with Crippen LogP contribution >= 0.6 is 39.0 Å². The third kappa shape index (κ3) is 5.36. The molecule has 3 heterocycles. The van der Waals surface area contributed by atoms with E-state index in [0.29, 0.717) is 39.5 Å². The SMILES string of the molecule is Cc1cc(NC(=O)CSc2nnc(N3C(N)=C(C#N)C(c4ccccc4Br)C4=C3CC(C)(C)CC4=O)s2)no1. The molecule has 39 heavy (non-hydrogen) atoms. The van der Waals surface area contributed by atoms with E-state index in [0.717, 1.165) is 15.7 Å². The highest BCUT2D eigenvalue weighted by atomic mass is 79.9. The van der Waals surface area contributed by atoms with Crippen molar-refractivity contribution in [3.63, 3.8) is 0 Å². The standard InChI is InChI=1S/C26H24BrN7O3S2/c1-13-8-19(33-37-13)30-20(36)12-38-25-32-31-24(39-25)34-17-9-26(2,3)10-18(35)22(17)21(15(11-28)23(34)29)14-6-4-5-7-16(14)27/h4-8,21H,9-10,12,29H2,1-3H3,(H,30,33,36). The number of benzene rings is 1. The van der Waals surface area contributed by atoms with Crippen LogP contribution in [0.3, 0.4) is 0 Å². The van der Waals surface area contributed by atoms with Crippen LogP contribution in [0.4, 0.5) is 10.9 Å². The molecule has 3 aromatic rings. The molecule has 200 valence electrons. The Morgan fingerprint density at radius 1 is 1.36 bits per heavy atom. The number of hydrogen-bond acceptors (Lipinski definition) is 11. The number of nitriles is 1. The number of nitrogens with zero attached hydrogens (tertiary/aromatic N) is 5. The third-order valence-corrected chi connectivity index (χ3v) is 9.17. The van der Waals surface area contributed by atoms with Crippen molar-refractivity contribution >= 4 is 61.7 Å². The number of aromatic nitrogens is 3. The first-order chi connectivity index (χ1) is 18.6. The lowest BCUT2D eigenvalue weighted by Gasteiger charge is -2.42. The maximum Gasteiger partial charge on any atom is 0.236 e. The number of nitrogens with two attached hydrogens (primary N) is 1. The summed E-state index contributed by atoms with van der Waals surface area (Å²) in [5.74, 6) is 0.353. The van der Waals surface area contributed by atoms with Gasteiger partial charge in [0.25, 0.3) is 0 Å². The van der Waals surface area contributed by atoms with Gasteiger partial charge in [-0.25, -0.2) is 0 Å². The Hall–Kier alpha value is -3.47. The molecule has 1 unspecified atom stereocenters. The molecule has 0 spiro atoms. The number of thioether (sulfide) groups is 1. The summed E-state index contributed by atoms with van der Waals surface area (Å²) in [7, 11) is 0. The first kappa shape index (κ1) is 27.1. The molecule has 1 aliphatic heterocycles. The van der Waals surface area contributed by atoms with Crippen LogP contribution in [0.15, 0.2) is 66.3 Å². The predicted octanol–water partition coefficient (Wildman–Crippen LogP) is 5.27. The van der Waals surface area contributed by atoms with Crippen molar-refractivity contribution in [2.45, 2.75) is 43.9 Å². The van der Waals surface area contributed by atoms with Gasteiger partial charge < -0.3 is 15.6 Å². The number of anilines is 2. The van der Waals surface area contributed by atoms with Crippen LogP contribution in [0, 0.1) is 23.7 Å². The van der Waals surface area contributed by atoms with Gasteiger partial charge in [-0.3, -0.25) is 14.5 Å². The lowest BCUT2D eigenvalue weighted by atomic mass is 9.69. The molecule has 1 aromatic carbocycles. The maximum atomic E-state index is 13.7. The molecule has 1 amide bonds. The fraction of sp³-hybridized carbons (Fsp3) is 0.308. The number of Topliss-reactive ketones (excluding diaryl/α,β-unsaturated/α-hetero) is 1. The lowest BCUT2D eigenvalue weighted by molar-refractivity contribution is -0.118. The van der Waals surface area contributed by atoms with Crippen LogP contribution in [0.5, 0.6) is 0 Å². The van der Waals surface area contributed by atoms with Gasteiger partial charge in [-0.05, 0) is 30.4 Å². The molecule has 10 nitrogen and oxygen atoms in total. The van der Waals surface area contributed by atoms with E-state index in [1.165, 1.54) is 23.1 Å². The zero-order chi connectivity index (χ0) is 27.9. The average Bonchev–Trinajstić information content (AvgIpc) is 3.50. The number of halogens is 1. The normalized spacial score (nSPS) is 18.7. The molecule has 0 radical (unpaired) electrons. The summed E-state index contributed by atoms with van der Waals surface area (Å²) >= 11 is 6.05. The first-order valence-corrected chi connectivity index (χ1v) is 14.6. The summed E-state index contributed by atoms with van der Waals surface area (Å²) < 4.78 is 6.30. The molecule has 2 aromatic heterocycles. The van der Waals surface area contributed by atoms with Crippen LogP contribution in [0.1, 0.15) is 43.9 Å². The summed E-state index contributed by atoms with van der Waals surface area (Å²) in [4.78, 5) is 27.7. The molecule has 5 rings (SSSR count). The van der Waals surface area contributed by atoms with E-state index in [-0.39, 0.29) is 34.3 Å². The van der Waals surface area contributed by atoms with Crippen LogP contribution in [0.25, 0.3) is 0 Å². The second-order valence-electron chi connectivity index (χ2n) is 10.0. The highest BCUT2D eigenvalue weighted by molar-refractivity contribution is 9.10. The number of nitrogens with one attached hydrogen (secondary N) is 1. The van der Waals surface area contributed by atoms with Crippen LogP contribution in [-0.2, 0) is 9.59 Å². The van der Waals surface area contributed by atoms with Gasteiger partial charge >= 0.3 is 0 Å². The Balaban J connectivity index is 1.49. The van der Waals surface area contributed by atoms with Gasteiger partial charge in [0, 0.05) is 28.2 Å². The number of hydrogen-bond donors (Lipinski definition) is 2. The zero-order valence-electron chi connectivity index (χ0n) is 21.3. The minimum absolute atomic E-state index is 0.0221. The number of rotatable bonds is 6. The summed E-state index contributed by atoms with van der Waals surface area (Å²) in [6.07, 6.45) is 0.923. The largest absolute Gasteiger partial charge is 0.384 e. The summed E-state index contributed by atoms with van der Waals surface area (Å²) in [5, 5.41) is 25.7. The van der Waals surface area contributed by atoms with Gasteiger partial charge in [0.05, 0.1) is 23.3 Å². The maximum absolute atomic E-state index is 13.7. The molecule has 0 saturated heterocycles. The minimum Gasteiger partial charge on any atom is -0.384 e. The molecule has 0 saturated carbocycles. The highest BCUT2D eigenvalue weighted by Gasteiger charge is 2.45. The second-order valence-corrected chi connectivity index (χ2v) is 13.0. The van der Waals surface area contributed by atoms with E-state index < -0.39 is 5.92 Å². The summed E-state index contributed by atoms with van der Waals surface area (Å²) in [6.45, 7) is 5.81. The Morgan fingerprint density at radius 2 is 2.13 bits per heavy atom. The number of carbonyl (C=O) groups is 2. The highest BCUT2D eigenvalue weighted by Crippen LogP contribution is 2.51. The number of aryl methyl sites for hydroxylation is 1. The van der Waals surface area contributed by atoms with Crippen molar-refractivity contribution in [2.75, 3.05) is 16.0 Å². The van der Waals surface area contributed by atoms with Crippen molar-refractivity contribution in [3.8, 4) is 6.07 Å². The first-order valence-electron chi connectivity index (χ1n) is 12.0. The molecular weight excluding hydrogens is 602 g/mol. The van der Waals surface area contributed by atoms with Crippen molar-refractivity contribution in [1.82, 2.24) is 15.4 Å². The zero-order valence-corrected chi connectivity index (χ0v) is 24.5. The minimum atomic E-state index is -0.592. The molecule has 1 aliphatic carbocycles. The van der Waals surface area contributed by atoms with Crippen LogP contribution in [0.2, 0.25) is 0 Å². The van der Waals surface area contributed by atoms with Gasteiger partial charge in [0.2, 0.25) is 11.0 Å². The number of carbonyl (C=O) groups excluding carboxylic acids is 2. The van der Waals surface area contributed by atoms with Gasteiger partial charge in [-0.1, -0.05) is 76.2 Å². The van der Waals surface area contributed by atoms with Gasteiger partial charge in [0.15, 0.2) is 15.9 Å². The second kappa shape index (κ2) is 10.6. The molecule has 13 heteroatoms. The van der Waals surface area contributed by atoms with Crippen LogP contribution < -0.4 is 16.0 Å². The number of ketones is 1. The van der Waals surface area contributed by atoms with E-state index in [1.54, 1.807) is 17.9 Å². The van der Waals surface area contributed by atoms with Crippen molar-refractivity contribution in [1.29, 1.82) is 5.26 Å². The Kier molecular flexibility index (Phi) is 7.37. The molecule has 3 N–H and O–H groups in total. The van der Waals surface area contributed by atoms with E-state index in [2.05, 4.69) is 42.7 Å². The van der Waals surface area contributed by atoms with Gasteiger partial charge in [-0.2, -0.15) is 5.26 Å². The average molecular weight is 627 g/mol. The molecule has 0 bridgehead atoms. The van der Waals surface area contributed by atoms with Crippen molar-refractivity contribution in [3.05, 3.63) is 68.8 Å². The van der Waals surface area contributed by atoms with E-state index in [4.69, 9.17) is 10.3 Å².